The third-order valence-corrected chi connectivity index (χ3v) is 4.14. The number of rotatable bonds is 7. The molecule has 0 amide bonds. The van der Waals surface area contributed by atoms with Crippen molar-refractivity contribution in [3.05, 3.63) is 78.4 Å². The van der Waals surface area contributed by atoms with Gasteiger partial charge in [-0.15, -0.1) is 0 Å². The molecule has 0 radical (unpaired) electrons. The maximum absolute atomic E-state index is 10.2. The van der Waals surface area contributed by atoms with E-state index < -0.39 is 6.10 Å². The summed E-state index contributed by atoms with van der Waals surface area (Å²) in [6.07, 6.45) is -0.560. The number of fused-ring (bicyclic) bond motifs is 1. The van der Waals surface area contributed by atoms with Crippen molar-refractivity contribution >= 4 is 10.8 Å². The van der Waals surface area contributed by atoms with Crippen molar-refractivity contribution < 1.29 is 9.84 Å². The van der Waals surface area contributed by atoms with Gasteiger partial charge in [0.05, 0.1) is 0 Å². The molecular weight excluding hydrogens is 298 g/mol. The summed E-state index contributed by atoms with van der Waals surface area (Å²) in [5.74, 6) is 0.809. The molecule has 1 unspecified atom stereocenters. The molecule has 0 spiro atoms. The maximum Gasteiger partial charge on any atom is 0.127 e. The molecule has 3 rings (SSSR count). The van der Waals surface area contributed by atoms with E-state index in [2.05, 4.69) is 36.5 Å². The highest BCUT2D eigenvalue weighted by Crippen LogP contribution is 2.25. The molecule has 0 fully saturated rings. The van der Waals surface area contributed by atoms with Crippen molar-refractivity contribution in [2.75, 3.05) is 13.2 Å². The van der Waals surface area contributed by atoms with E-state index >= 15 is 0 Å². The first-order chi connectivity index (χ1) is 11.7. The Labute approximate surface area is 142 Å². The van der Waals surface area contributed by atoms with Crippen molar-refractivity contribution in [1.82, 2.24) is 5.32 Å². The zero-order chi connectivity index (χ0) is 16.8. The molecule has 0 aliphatic rings. The van der Waals surface area contributed by atoms with Crippen molar-refractivity contribution in [3.63, 3.8) is 0 Å². The fourth-order valence-corrected chi connectivity index (χ4v) is 2.74. The molecule has 3 nitrogen and oxygen atoms in total. The zero-order valence-electron chi connectivity index (χ0n) is 13.9. The average Bonchev–Trinajstić information content (AvgIpc) is 2.65. The second kappa shape index (κ2) is 7.95. The van der Waals surface area contributed by atoms with E-state index in [4.69, 9.17) is 4.74 Å². The molecule has 0 saturated heterocycles. The smallest absolute Gasteiger partial charge is 0.127 e. The highest BCUT2D eigenvalue weighted by Gasteiger charge is 2.10. The molecule has 0 saturated carbocycles. The number of aliphatic hydroxyl groups excluding tert-OH is 1. The van der Waals surface area contributed by atoms with Crippen LogP contribution >= 0.6 is 0 Å². The lowest BCUT2D eigenvalue weighted by molar-refractivity contribution is 0.105. The molecule has 0 aliphatic carbocycles. The Hall–Kier alpha value is -2.36. The number of benzene rings is 3. The van der Waals surface area contributed by atoms with E-state index in [1.165, 1.54) is 5.56 Å². The molecule has 3 heteroatoms. The Morgan fingerprint density at radius 2 is 1.62 bits per heavy atom. The largest absolute Gasteiger partial charge is 0.490 e. The fraction of sp³-hybridized carbons (Fsp3) is 0.238. The highest BCUT2D eigenvalue weighted by molar-refractivity contribution is 5.88. The third kappa shape index (κ3) is 4.13. The number of nitrogens with one attached hydrogen (secondary N) is 1. The van der Waals surface area contributed by atoms with E-state index in [1.54, 1.807) is 0 Å². The van der Waals surface area contributed by atoms with Crippen LogP contribution < -0.4 is 10.1 Å². The molecule has 0 heterocycles. The van der Waals surface area contributed by atoms with Gasteiger partial charge >= 0.3 is 0 Å². The summed E-state index contributed by atoms with van der Waals surface area (Å²) < 4.78 is 5.83. The van der Waals surface area contributed by atoms with Gasteiger partial charge in [0, 0.05) is 18.0 Å². The Bertz CT molecular complexity index is 768. The third-order valence-electron chi connectivity index (χ3n) is 4.14. The lowest BCUT2D eigenvalue weighted by Gasteiger charge is -2.18. The van der Waals surface area contributed by atoms with Gasteiger partial charge in [0.15, 0.2) is 0 Å². The van der Waals surface area contributed by atoms with Gasteiger partial charge in [0.1, 0.15) is 18.5 Å². The van der Waals surface area contributed by atoms with Gasteiger partial charge in [-0.1, -0.05) is 66.7 Å². The molecule has 3 aromatic carbocycles. The van der Waals surface area contributed by atoms with Crippen LogP contribution in [0.3, 0.4) is 0 Å². The Morgan fingerprint density at radius 3 is 2.46 bits per heavy atom. The van der Waals surface area contributed by atoms with Crippen LogP contribution in [0.25, 0.3) is 10.8 Å². The van der Waals surface area contributed by atoms with Crippen LogP contribution in [0, 0.1) is 0 Å². The van der Waals surface area contributed by atoms with Crippen molar-refractivity contribution in [2.24, 2.45) is 0 Å². The number of hydrogen-bond donors (Lipinski definition) is 2. The Morgan fingerprint density at radius 1 is 0.917 bits per heavy atom. The van der Waals surface area contributed by atoms with Crippen LogP contribution in [0.4, 0.5) is 0 Å². The molecule has 124 valence electrons. The first-order valence-corrected chi connectivity index (χ1v) is 8.31. The van der Waals surface area contributed by atoms with Crippen LogP contribution in [0.1, 0.15) is 18.5 Å². The predicted octanol–water partition coefficient (Wildman–Crippen LogP) is 3.93. The molecule has 24 heavy (non-hydrogen) atoms. The van der Waals surface area contributed by atoms with Crippen molar-refractivity contribution in [1.29, 1.82) is 0 Å². The lowest BCUT2D eigenvalue weighted by atomic mass is 10.1. The molecule has 2 atom stereocenters. The minimum absolute atomic E-state index is 0.193. The van der Waals surface area contributed by atoms with Crippen LogP contribution in [0.5, 0.6) is 5.75 Å². The SMILES string of the molecule is CC(NC[C@H](O)COc1cccc2ccccc12)c1ccccc1. The minimum atomic E-state index is -0.560. The normalized spacial score (nSPS) is 13.6. The summed E-state index contributed by atoms with van der Waals surface area (Å²) in [7, 11) is 0. The Balaban J connectivity index is 1.53. The van der Waals surface area contributed by atoms with Gasteiger partial charge in [0.25, 0.3) is 0 Å². The molecule has 3 aromatic rings. The summed E-state index contributed by atoms with van der Waals surface area (Å²) >= 11 is 0. The van der Waals surface area contributed by atoms with E-state index in [0.29, 0.717) is 6.54 Å². The summed E-state index contributed by atoms with van der Waals surface area (Å²) in [5, 5.41) is 15.7. The highest BCUT2D eigenvalue weighted by atomic mass is 16.5. The number of aliphatic hydroxyl groups is 1. The topological polar surface area (TPSA) is 41.5 Å². The lowest BCUT2D eigenvalue weighted by Crippen LogP contribution is -2.33. The Kier molecular flexibility index (Phi) is 5.47. The van der Waals surface area contributed by atoms with Crippen LogP contribution in [-0.2, 0) is 0 Å². The fourth-order valence-electron chi connectivity index (χ4n) is 2.74. The minimum Gasteiger partial charge on any atom is -0.490 e. The molecule has 0 aliphatic heterocycles. The number of ether oxygens (including phenoxy) is 1. The summed E-state index contributed by atoms with van der Waals surface area (Å²) in [6, 6.07) is 24.5. The maximum atomic E-state index is 10.2. The summed E-state index contributed by atoms with van der Waals surface area (Å²) in [6.45, 7) is 2.84. The second-order valence-electron chi connectivity index (χ2n) is 5.98. The monoisotopic (exact) mass is 321 g/mol. The van der Waals surface area contributed by atoms with Crippen LogP contribution in [-0.4, -0.2) is 24.4 Å². The predicted molar refractivity (Wildman–Crippen MR) is 98.3 cm³/mol. The first-order valence-electron chi connectivity index (χ1n) is 8.31. The van der Waals surface area contributed by atoms with E-state index in [1.807, 2.05) is 48.5 Å². The molecular formula is C21H23NO2. The first kappa shape index (κ1) is 16.5. The molecule has 0 aromatic heterocycles. The van der Waals surface area contributed by atoms with Crippen LogP contribution in [0.2, 0.25) is 0 Å². The number of hydrogen-bond acceptors (Lipinski definition) is 3. The molecule has 0 bridgehead atoms. The van der Waals surface area contributed by atoms with Gasteiger partial charge in [-0.05, 0) is 23.9 Å². The second-order valence-corrected chi connectivity index (χ2v) is 5.98. The zero-order valence-corrected chi connectivity index (χ0v) is 13.9. The van der Waals surface area contributed by atoms with E-state index in [0.717, 1.165) is 16.5 Å². The van der Waals surface area contributed by atoms with Crippen molar-refractivity contribution in [3.8, 4) is 5.75 Å². The van der Waals surface area contributed by atoms with Crippen molar-refractivity contribution in [2.45, 2.75) is 19.1 Å². The summed E-state index contributed by atoms with van der Waals surface area (Å²) in [4.78, 5) is 0. The van der Waals surface area contributed by atoms with E-state index in [9.17, 15) is 5.11 Å². The van der Waals surface area contributed by atoms with Gasteiger partial charge in [0.2, 0.25) is 0 Å². The van der Waals surface area contributed by atoms with Crippen LogP contribution in [0.15, 0.2) is 72.8 Å². The van der Waals surface area contributed by atoms with Gasteiger partial charge in [-0.25, -0.2) is 0 Å². The van der Waals surface area contributed by atoms with Gasteiger partial charge < -0.3 is 15.2 Å². The summed E-state index contributed by atoms with van der Waals surface area (Å²) in [5.41, 5.74) is 1.21. The van der Waals surface area contributed by atoms with Gasteiger partial charge in [-0.3, -0.25) is 0 Å². The average molecular weight is 321 g/mol. The van der Waals surface area contributed by atoms with Gasteiger partial charge in [-0.2, -0.15) is 0 Å². The quantitative estimate of drug-likeness (QED) is 0.693. The standard InChI is InChI=1S/C21H23NO2/c1-16(17-8-3-2-4-9-17)22-14-19(23)15-24-21-13-7-11-18-10-5-6-12-20(18)21/h2-13,16,19,22-23H,14-15H2,1H3/t16?,19-/m0/s1. The molecule has 2 N–H and O–H groups in total. The van der Waals surface area contributed by atoms with E-state index in [-0.39, 0.29) is 12.6 Å².